The molecule has 3 heteroatoms. The molecule has 0 aliphatic heterocycles. The summed E-state index contributed by atoms with van der Waals surface area (Å²) in [6, 6.07) is 13.4. The van der Waals surface area contributed by atoms with Crippen molar-refractivity contribution in [3.63, 3.8) is 0 Å². The van der Waals surface area contributed by atoms with E-state index in [1.165, 1.54) is 11.3 Å². The van der Waals surface area contributed by atoms with Crippen molar-refractivity contribution in [1.82, 2.24) is 0 Å². The Labute approximate surface area is 115 Å². The van der Waals surface area contributed by atoms with Crippen molar-refractivity contribution >= 4 is 40.9 Å². The Kier molecular flexibility index (Phi) is 4.51. The molecule has 0 fully saturated rings. The van der Waals surface area contributed by atoms with Gasteiger partial charge in [0, 0.05) is 4.88 Å². The minimum absolute atomic E-state index is 0.0385. The maximum absolute atomic E-state index is 11.6. The number of benzene rings is 1. The summed E-state index contributed by atoms with van der Waals surface area (Å²) in [5.74, 6) is -0.0385. The number of thiophene rings is 1. The fourth-order valence-corrected chi connectivity index (χ4v) is 2.34. The Morgan fingerprint density at radius 2 is 1.72 bits per heavy atom. The van der Waals surface area contributed by atoms with Crippen LogP contribution in [-0.4, -0.2) is 5.78 Å². The second kappa shape index (κ2) is 6.34. The lowest BCUT2D eigenvalue weighted by Crippen LogP contribution is -1.83. The van der Waals surface area contributed by atoms with Crippen LogP contribution in [0, 0.1) is 0 Å². The molecule has 1 nitrogen and oxygen atoms in total. The molecule has 0 aliphatic carbocycles. The summed E-state index contributed by atoms with van der Waals surface area (Å²) in [5.41, 5.74) is 1.01. The maximum atomic E-state index is 11.6. The molecule has 1 aromatic carbocycles. The van der Waals surface area contributed by atoms with E-state index in [0.29, 0.717) is 0 Å². The van der Waals surface area contributed by atoms with Gasteiger partial charge in [0.05, 0.1) is 4.34 Å². The molecule has 0 radical (unpaired) electrons. The lowest BCUT2D eigenvalue weighted by atomic mass is 10.2. The van der Waals surface area contributed by atoms with E-state index in [1.54, 1.807) is 24.3 Å². The van der Waals surface area contributed by atoms with Crippen LogP contribution in [0.1, 0.15) is 10.4 Å². The zero-order valence-corrected chi connectivity index (χ0v) is 11.1. The Bertz CT molecular complexity index is 582. The predicted octanol–water partition coefficient (Wildman–Crippen LogP) is 4.70. The quantitative estimate of drug-likeness (QED) is 0.739. The molecular formula is C15H11ClOS. The third kappa shape index (κ3) is 3.99. The maximum Gasteiger partial charge on any atom is 0.178 e. The zero-order chi connectivity index (χ0) is 12.8. The number of carbonyl (C=O) groups excluding carboxylic acids is 1. The molecule has 0 saturated carbocycles. The first-order valence-electron chi connectivity index (χ1n) is 5.44. The fraction of sp³-hybridized carbons (Fsp3) is 0. The number of carbonyl (C=O) groups is 1. The van der Waals surface area contributed by atoms with Crippen LogP contribution < -0.4 is 0 Å². The van der Waals surface area contributed by atoms with E-state index in [-0.39, 0.29) is 5.78 Å². The lowest BCUT2D eigenvalue weighted by molar-refractivity contribution is -0.110. The van der Waals surface area contributed by atoms with Gasteiger partial charge in [0.2, 0.25) is 0 Å². The smallest absolute Gasteiger partial charge is 0.178 e. The van der Waals surface area contributed by atoms with Gasteiger partial charge < -0.3 is 0 Å². The van der Waals surface area contributed by atoms with E-state index in [2.05, 4.69) is 0 Å². The molecule has 90 valence electrons. The fourth-order valence-electron chi connectivity index (χ4n) is 1.38. The third-order valence-electron chi connectivity index (χ3n) is 2.25. The standard InChI is InChI=1S/C15H11ClOS/c16-15-11-10-14(18-15)9-8-13(17)7-6-12-4-2-1-3-5-12/h1-11H/b7-6+,9-8+. The highest BCUT2D eigenvalue weighted by Gasteiger charge is 1.94. The Morgan fingerprint density at radius 3 is 2.39 bits per heavy atom. The van der Waals surface area contributed by atoms with Gasteiger partial charge in [-0.15, -0.1) is 11.3 Å². The van der Waals surface area contributed by atoms with Gasteiger partial charge in [0.15, 0.2) is 5.78 Å². The molecule has 0 amide bonds. The van der Waals surface area contributed by atoms with Crippen LogP contribution in [0.3, 0.4) is 0 Å². The summed E-state index contributed by atoms with van der Waals surface area (Å²) in [4.78, 5) is 12.6. The summed E-state index contributed by atoms with van der Waals surface area (Å²) >= 11 is 7.25. The van der Waals surface area contributed by atoms with E-state index in [0.717, 1.165) is 14.8 Å². The Hall–Kier alpha value is -1.64. The first-order valence-corrected chi connectivity index (χ1v) is 6.64. The molecule has 0 atom stereocenters. The second-order valence-electron chi connectivity index (χ2n) is 3.62. The van der Waals surface area contributed by atoms with Gasteiger partial charge in [-0.2, -0.15) is 0 Å². The van der Waals surface area contributed by atoms with E-state index in [9.17, 15) is 4.79 Å². The molecular weight excluding hydrogens is 264 g/mol. The van der Waals surface area contributed by atoms with Gasteiger partial charge in [-0.1, -0.05) is 48.0 Å². The minimum Gasteiger partial charge on any atom is -0.290 e. The van der Waals surface area contributed by atoms with E-state index in [4.69, 9.17) is 11.6 Å². The zero-order valence-electron chi connectivity index (χ0n) is 9.55. The molecule has 1 heterocycles. The second-order valence-corrected chi connectivity index (χ2v) is 5.37. The highest BCUT2D eigenvalue weighted by molar-refractivity contribution is 7.17. The first-order chi connectivity index (χ1) is 8.74. The molecule has 0 unspecified atom stereocenters. The summed E-state index contributed by atoms with van der Waals surface area (Å²) in [6.45, 7) is 0. The van der Waals surface area contributed by atoms with E-state index in [1.807, 2.05) is 42.5 Å². The lowest BCUT2D eigenvalue weighted by Gasteiger charge is -1.89. The topological polar surface area (TPSA) is 17.1 Å². The summed E-state index contributed by atoms with van der Waals surface area (Å²) in [6.07, 6.45) is 6.67. The highest BCUT2D eigenvalue weighted by atomic mass is 35.5. The Morgan fingerprint density at radius 1 is 1.00 bits per heavy atom. The predicted molar refractivity (Wildman–Crippen MR) is 78.8 cm³/mol. The van der Waals surface area contributed by atoms with Crippen LogP contribution in [0.15, 0.2) is 54.6 Å². The number of ketones is 1. The molecule has 18 heavy (non-hydrogen) atoms. The van der Waals surface area contributed by atoms with E-state index >= 15 is 0 Å². The summed E-state index contributed by atoms with van der Waals surface area (Å²) in [5, 5.41) is 0. The number of hydrogen-bond acceptors (Lipinski definition) is 2. The SMILES string of the molecule is O=C(/C=C/c1ccccc1)/C=C/c1ccc(Cl)s1. The third-order valence-corrected chi connectivity index (χ3v) is 3.44. The van der Waals surface area contributed by atoms with Gasteiger partial charge in [0.1, 0.15) is 0 Å². The molecule has 0 bridgehead atoms. The van der Waals surface area contributed by atoms with Crippen molar-refractivity contribution < 1.29 is 4.79 Å². The van der Waals surface area contributed by atoms with Crippen molar-refractivity contribution in [2.75, 3.05) is 0 Å². The highest BCUT2D eigenvalue weighted by Crippen LogP contribution is 2.22. The molecule has 0 spiro atoms. The molecule has 1 aromatic heterocycles. The van der Waals surface area contributed by atoms with Crippen LogP contribution in [0.2, 0.25) is 4.34 Å². The van der Waals surface area contributed by atoms with Gasteiger partial charge >= 0.3 is 0 Å². The molecule has 2 aromatic rings. The van der Waals surface area contributed by atoms with Crippen LogP contribution in [0.25, 0.3) is 12.2 Å². The van der Waals surface area contributed by atoms with Crippen molar-refractivity contribution in [1.29, 1.82) is 0 Å². The van der Waals surface area contributed by atoms with Gasteiger partial charge in [-0.25, -0.2) is 0 Å². The average Bonchev–Trinajstić information content (AvgIpc) is 2.81. The van der Waals surface area contributed by atoms with Crippen molar-refractivity contribution in [3.8, 4) is 0 Å². The van der Waals surface area contributed by atoms with Crippen molar-refractivity contribution in [2.24, 2.45) is 0 Å². The van der Waals surface area contributed by atoms with Gasteiger partial charge in [-0.3, -0.25) is 4.79 Å². The van der Waals surface area contributed by atoms with Crippen molar-refractivity contribution in [2.45, 2.75) is 0 Å². The monoisotopic (exact) mass is 274 g/mol. The molecule has 0 aliphatic rings. The number of halogens is 1. The van der Waals surface area contributed by atoms with Crippen LogP contribution >= 0.6 is 22.9 Å². The first kappa shape index (κ1) is 12.8. The summed E-state index contributed by atoms with van der Waals surface area (Å²) in [7, 11) is 0. The normalized spacial score (nSPS) is 11.4. The van der Waals surface area contributed by atoms with Crippen LogP contribution in [0.5, 0.6) is 0 Å². The van der Waals surface area contributed by atoms with Gasteiger partial charge in [0.25, 0.3) is 0 Å². The van der Waals surface area contributed by atoms with E-state index < -0.39 is 0 Å². The molecule has 0 saturated heterocycles. The average molecular weight is 275 g/mol. The molecule has 2 rings (SSSR count). The van der Waals surface area contributed by atoms with Crippen molar-refractivity contribution in [3.05, 3.63) is 69.4 Å². The number of hydrogen-bond donors (Lipinski definition) is 0. The minimum atomic E-state index is -0.0385. The summed E-state index contributed by atoms with van der Waals surface area (Å²) < 4.78 is 0.724. The Balaban J connectivity index is 1.97. The number of rotatable bonds is 4. The number of allylic oxidation sites excluding steroid dienone is 2. The van der Waals surface area contributed by atoms with Crippen LogP contribution in [-0.2, 0) is 4.79 Å². The van der Waals surface area contributed by atoms with Crippen LogP contribution in [0.4, 0.5) is 0 Å². The van der Waals surface area contributed by atoms with Gasteiger partial charge in [-0.05, 0) is 35.9 Å². The largest absolute Gasteiger partial charge is 0.290 e. The molecule has 0 N–H and O–H groups in total.